The first-order valence-corrected chi connectivity index (χ1v) is 4.21. The lowest BCUT2D eigenvalue weighted by molar-refractivity contribution is -0.136. The van der Waals surface area contributed by atoms with Crippen molar-refractivity contribution in [2.24, 2.45) is 0 Å². The molecular weight excluding hydrogens is 232 g/mol. The highest BCUT2D eigenvalue weighted by Crippen LogP contribution is 2.17. The molecule has 1 heterocycles. The van der Waals surface area contributed by atoms with Gasteiger partial charge in [-0.15, -0.1) is 0 Å². The lowest BCUT2D eigenvalue weighted by Crippen LogP contribution is -2.19. The second kappa shape index (κ2) is 4.39. The van der Waals surface area contributed by atoms with Crippen LogP contribution in [-0.2, 0) is 11.2 Å². The van der Waals surface area contributed by atoms with Gasteiger partial charge in [0.15, 0.2) is 5.43 Å². The molecule has 4 nitrogen and oxygen atoms in total. The fraction of sp³-hybridized carbons (Fsp3) is 0.250. The molecule has 0 aromatic carbocycles. The summed E-state index contributed by atoms with van der Waals surface area (Å²) in [6.07, 6.45) is -2.87. The molecule has 1 aromatic rings. The Balaban J connectivity index is 3.30. The Bertz CT molecular complexity index is 444. The van der Waals surface area contributed by atoms with Crippen LogP contribution >= 0.6 is 11.6 Å². The van der Waals surface area contributed by atoms with Gasteiger partial charge in [-0.3, -0.25) is 9.59 Å². The third-order valence-corrected chi connectivity index (χ3v) is 2.06. The van der Waals surface area contributed by atoms with Crippen LogP contribution in [0.5, 0.6) is 0 Å². The predicted octanol–water partition coefficient (Wildman–Crippen LogP) is 1.59. The third kappa shape index (κ3) is 2.53. The maximum Gasteiger partial charge on any atom is 0.308 e. The van der Waals surface area contributed by atoms with Crippen LogP contribution in [0.1, 0.15) is 17.6 Å². The van der Waals surface area contributed by atoms with Crippen molar-refractivity contribution in [3.63, 3.8) is 0 Å². The molecule has 0 aliphatic carbocycles. The van der Waals surface area contributed by atoms with Gasteiger partial charge in [-0.05, 0) is 0 Å². The number of nitrogens with one attached hydrogen (secondary N) is 1. The van der Waals surface area contributed by atoms with E-state index < -0.39 is 29.8 Å². The molecule has 0 atom stereocenters. The molecule has 0 aliphatic rings. The Kier molecular flexibility index (Phi) is 3.41. The number of hydrogen-bond donors (Lipinski definition) is 2. The van der Waals surface area contributed by atoms with Crippen LogP contribution in [0.25, 0.3) is 0 Å². The molecule has 0 fully saturated rings. The number of aromatic amines is 1. The maximum atomic E-state index is 12.3. The number of aliphatic carboxylic acids is 1. The molecule has 0 amide bonds. The van der Waals surface area contributed by atoms with E-state index in [9.17, 15) is 18.4 Å². The van der Waals surface area contributed by atoms with E-state index in [1.165, 1.54) is 0 Å². The number of H-pyrrole nitrogens is 1. The average Bonchev–Trinajstić information content (AvgIpc) is 2.11. The van der Waals surface area contributed by atoms with Gasteiger partial charge in [0.05, 0.1) is 12.0 Å². The van der Waals surface area contributed by atoms with Crippen molar-refractivity contribution in [1.29, 1.82) is 0 Å². The van der Waals surface area contributed by atoms with Gasteiger partial charge < -0.3 is 10.1 Å². The fourth-order valence-corrected chi connectivity index (χ4v) is 1.25. The zero-order chi connectivity index (χ0) is 11.6. The van der Waals surface area contributed by atoms with Gasteiger partial charge in [0, 0.05) is 11.8 Å². The summed E-state index contributed by atoms with van der Waals surface area (Å²) in [5, 5.41) is 8.22. The molecular formula is C8H6ClF2NO3. The quantitative estimate of drug-likeness (QED) is 0.785. The van der Waals surface area contributed by atoms with Crippen molar-refractivity contribution in [3.05, 3.63) is 32.7 Å². The minimum absolute atomic E-state index is 0.230. The molecule has 0 bridgehead atoms. The van der Waals surface area contributed by atoms with Gasteiger partial charge >= 0.3 is 5.97 Å². The predicted molar refractivity (Wildman–Crippen MR) is 48.4 cm³/mol. The lowest BCUT2D eigenvalue weighted by Gasteiger charge is -2.03. The molecule has 1 aromatic heterocycles. The van der Waals surface area contributed by atoms with Crippen LogP contribution in [0.15, 0.2) is 11.0 Å². The largest absolute Gasteiger partial charge is 0.481 e. The van der Waals surface area contributed by atoms with E-state index >= 15 is 0 Å². The number of carbonyl (C=O) groups is 1. The molecule has 7 heteroatoms. The molecule has 0 aliphatic heterocycles. The monoisotopic (exact) mass is 237 g/mol. The topological polar surface area (TPSA) is 70.2 Å². The van der Waals surface area contributed by atoms with Crippen molar-refractivity contribution in [1.82, 2.24) is 4.98 Å². The normalized spacial score (nSPS) is 10.7. The number of pyridine rings is 1. The number of carboxylic acid groups (broad SMARTS) is 1. The van der Waals surface area contributed by atoms with Crippen LogP contribution in [0.2, 0.25) is 5.15 Å². The number of alkyl halides is 2. The lowest BCUT2D eigenvalue weighted by atomic mass is 10.1. The van der Waals surface area contributed by atoms with Gasteiger partial charge in [0.2, 0.25) is 0 Å². The summed E-state index contributed by atoms with van der Waals surface area (Å²) < 4.78 is 24.5. The SMILES string of the molecule is O=C(O)Cc1c(Cl)[nH]cc(C(F)F)c1=O. The Hall–Kier alpha value is -1.43. The Morgan fingerprint density at radius 1 is 1.60 bits per heavy atom. The number of aromatic nitrogens is 1. The summed E-state index contributed by atoms with van der Waals surface area (Å²) in [5.74, 6) is -1.31. The summed E-state index contributed by atoms with van der Waals surface area (Å²) in [5.41, 5.74) is -2.17. The molecule has 15 heavy (non-hydrogen) atoms. The molecule has 1 rings (SSSR count). The zero-order valence-electron chi connectivity index (χ0n) is 7.26. The van der Waals surface area contributed by atoms with Gasteiger partial charge in [-0.1, -0.05) is 11.6 Å². The smallest absolute Gasteiger partial charge is 0.308 e. The van der Waals surface area contributed by atoms with Crippen molar-refractivity contribution in [2.75, 3.05) is 0 Å². The third-order valence-electron chi connectivity index (χ3n) is 1.72. The van der Waals surface area contributed by atoms with E-state index in [2.05, 4.69) is 4.98 Å². The van der Waals surface area contributed by atoms with Crippen LogP contribution < -0.4 is 5.43 Å². The van der Waals surface area contributed by atoms with Crippen LogP contribution in [0, 0.1) is 0 Å². The Morgan fingerprint density at radius 3 is 2.67 bits per heavy atom. The van der Waals surface area contributed by atoms with E-state index in [4.69, 9.17) is 16.7 Å². The number of carboxylic acids is 1. The van der Waals surface area contributed by atoms with Crippen LogP contribution in [-0.4, -0.2) is 16.1 Å². The van der Waals surface area contributed by atoms with E-state index in [1.807, 2.05) is 0 Å². The first-order chi connectivity index (χ1) is 6.93. The molecule has 82 valence electrons. The summed E-state index contributed by atoms with van der Waals surface area (Å²) >= 11 is 5.49. The Morgan fingerprint density at radius 2 is 2.20 bits per heavy atom. The second-order valence-corrected chi connectivity index (χ2v) is 3.11. The first kappa shape index (κ1) is 11.6. The molecule has 0 unspecified atom stereocenters. The molecule has 0 radical (unpaired) electrons. The molecule has 0 spiro atoms. The minimum Gasteiger partial charge on any atom is -0.481 e. The van der Waals surface area contributed by atoms with Gasteiger partial charge in [0.25, 0.3) is 6.43 Å². The van der Waals surface area contributed by atoms with Crippen molar-refractivity contribution in [3.8, 4) is 0 Å². The maximum absolute atomic E-state index is 12.3. The van der Waals surface area contributed by atoms with Gasteiger partial charge in [-0.2, -0.15) is 0 Å². The van der Waals surface area contributed by atoms with E-state index in [1.54, 1.807) is 0 Å². The highest BCUT2D eigenvalue weighted by Gasteiger charge is 2.18. The molecule has 0 saturated heterocycles. The van der Waals surface area contributed by atoms with E-state index in [0.29, 0.717) is 0 Å². The van der Waals surface area contributed by atoms with E-state index in [-0.39, 0.29) is 10.7 Å². The van der Waals surface area contributed by atoms with Crippen molar-refractivity contribution in [2.45, 2.75) is 12.8 Å². The highest BCUT2D eigenvalue weighted by molar-refractivity contribution is 6.30. The van der Waals surface area contributed by atoms with Gasteiger partial charge in [-0.25, -0.2) is 8.78 Å². The summed E-state index contributed by atoms with van der Waals surface area (Å²) in [4.78, 5) is 23.9. The summed E-state index contributed by atoms with van der Waals surface area (Å²) in [6.45, 7) is 0. The Labute approximate surface area is 87.5 Å². The zero-order valence-corrected chi connectivity index (χ0v) is 8.02. The fourth-order valence-electron chi connectivity index (χ4n) is 1.04. The second-order valence-electron chi connectivity index (χ2n) is 2.74. The number of halogens is 3. The summed E-state index contributed by atoms with van der Waals surface area (Å²) in [7, 11) is 0. The van der Waals surface area contributed by atoms with Crippen molar-refractivity contribution < 1.29 is 18.7 Å². The number of hydrogen-bond acceptors (Lipinski definition) is 2. The standard InChI is InChI=1S/C8H6ClF2NO3/c9-7-3(1-5(13)14)6(15)4(2-12-7)8(10)11/h2,8H,1H2,(H,12,15)(H,13,14). The molecule has 2 N–H and O–H groups in total. The van der Waals surface area contributed by atoms with Crippen molar-refractivity contribution >= 4 is 17.6 Å². The minimum atomic E-state index is -2.96. The van der Waals surface area contributed by atoms with Gasteiger partial charge in [0.1, 0.15) is 5.15 Å². The summed E-state index contributed by atoms with van der Waals surface area (Å²) in [6, 6.07) is 0. The van der Waals surface area contributed by atoms with E-state index in [0.717, 1.165) is 6.20 Å². The highest BCUT2D eigenvalue weighted by atomic mass is 35.5. The van der Waals surface area contributed by atoms with Crippen LogP contribution in [0.3, 0.4) is 0 Å². The number of rotatable bonds is 3. The average molecular weight is 238 g/mol. The first-order valence-electron chi connectivity index (χ1n) is 3.83. The molecule has 0 saturated carbocycles. The van der Waals surface area contributed by atoms with Crippen LogP contribution in [0.4, 0.5) is 8.78 Å².